The molecule has 5 heteroatoms. The van der Waals surface area contributed by atoms with Gasteiger partial charge in [-0.05, 0) is 34.4 Å². The minimum Gasteiger partial charge on any atom is -0.368 e. The first-order chi connectivity index (χ1) is 7.86. The zero-order valence-corrected chi connectivity index (χ0v) is 11.5. The van der Waals surface area contributed by atoms with E-state index in [4.69, 9.17) is 5.73 Å². The van der Waals surface area contributed by atoms with Crippen LogP contribution in [-0.2, 0) is 4.79 Å². The Labute approximate surface area is 104 Å². The van der Waals surface area contributed by atoms with Crippen LogP contribution >= 0.6 is 0 Å². The standard InChI is InChI=1S/C12H26N4O/c1-12(2)9-16(8-7-15(12)4)6-5-10(14-3)11(13)17/h10,14H,5-9H2,1-4H3,(H2,13,17). The van der Waals surface area contributed by atoms with E-state index in [1.807, 2.05) is 0 Å². The molecule has 5 nitrogen and oxygen atoms in total. The van der Waals surface area contributed by atoms with E-state index in [2.05, 4.69) is 36.0 Å². The summed E-state index contributed by atoms with van der Waals surface area (Å²) in [6.07, 6.45) is 0.783. The van der Waals surface area contributed by atoms with Crippen LogP contribution in [0.1, 0.15) is 20.3 Å². The second kappa shape index (κ2) is 5.80. The van der Waals surface area contributed by atoms with Gasteiger partial charge in [0.25, 0.3) is 0 Å². The van der Waals surface area contributed by atoms with Gasteiger partial charge in [0.15, 0.2) is 0 Å². The summed E-state index contributed by atoms with van der Waals surface area (Å²) in [6, 6.07) is -0.210. The van der Waals surface area contributed by atoms with Crippen LogP contribution < -0.4 is 11.1 Å². The topological polar surface area (TPSA) is 61.6 Å². The van der Waals surface area contributed by atoms with Gasteiger partial charge < -0.3 is 16.0 Å². The van der Waals surface area contributed by atoms with E-state index in [0.717, 1.165) is 32.6 Å². The third kappa shape index (κ3) is 3.94. The molecule has 0 bridgehead atoms. The van der Waals surface area contributed by atoms with E-state index in [1.54, 1.807) is 7.05 Å². The fraction of sp³-hybridized carbons (Fsp3) is 0.917. The van der Waals surface area contributed by atoms with Crippen LogP contribution in [0.3, 0.4) is 0 Å². The maximum Gasteiger partial charge on any atom is 0.234 e. The van der Waals surface area contributed by atoms with Crippen molar-refractivity contribution in [3.63, 3.8) is 0 Å². The zero-order chi connectivity index (χ0) is 13.1. The number of primary amides is 1. The van der Waals surface area contributed by atoms with Gasteiger partial charge in [0.2, 0.25) is 5.91 Å². The van der Waals surface area contributed by atoms with E-state index >= 15 is 0 Å². The van der Waals surface area contributed by atoms with Crippen molar-refractivity contribution in [2.24, 2.45) is 5.73 Å². The Morgan fingerprint density at radius 3 is 2.59 bits per heavy atom. The number of nitrogens with two attached hydrogens (primary N) is 1. The van der Waals surface area contributed by atoms with Crippen molar-refractivity contribution in [3.05, 3.63) is 0 Å². The van der Waals surface area contributed by atoms with Gasteiger partial charge in [-0.3, -0.25) is 9.69 Å². The van der Waals surface area contributed by atoms with E-state index in [1.165, 1.54) is 0 Å². The Bertz CT molecular complexity index is 267. The molecular formula is C12H26N4O. The largest absolute Gasteiger partial charge is 0.368 e. The SMILES string of the molecule is CNC(CCN1CCN(C)C(C)(C)C1)C(N)=O. The molecule has 1 saturated heterocycles. The predicted octanol–water partition coefficient (Wildman–Crippen LogP) is -0.524. The summed E-state index contributed by atoms with van der Waals surface area (Å²) in [5.41, 5.74) is 5.52. The summed E-state index contributed by atoms with van der Waals surface area (Å²) in [7, 11) is 3.94. The molecule has 0 radical (unpaired) electrons. The molecule has 3 N–H and O–H groups in total. The first-order valence-corrected chi connectivity index (χ1v) is 6.27. The summed E-state index contributed by atoms with van der Waals surface area (Å²) in [6.45, 7) is 8.61. The van der Waals surface area contributed by atoms with Crippen LogP contribution in [0.2, 0.25) is 0 Å². The third-order valence-corrected chi connectivity index (χ3v) is 3.82. The highest BCUT2D eigenvalue weighted by Crippen LogP contribution is 2.18. The molecule has 0 aromatic carbocycles. The Hall–Kier alpha value is -0.650. The number of piperazine rings is 1. The molecule has 1 fully saturated rings. The molecule has 1 aliphatic rings. The lowest BCUT2D eigenvalue weighted by molar-refractivity contribution is -0.120. The van der Waals surface area contributed by atoms with Crippen molar-refractivity contribution in [2.75, 3.05) is 40.3 Å². The number of carbonyl (C=O) groups excluding carboxylic acids is 1. The molecule has 0 spiro atoms. The van der Waals surface area contributed by atoms with Gasteiger partial charge in [-0.25, -0.2) is 0 Å². The second-order valence-corrected chi connectivity index (χ2v) is 5.54. The smallest absolute Gasteiger partial charge is 0.234 e. The fourth-order valence-electron chi connectivity index (χ4n) is 2.27. The predicted molar refractivity (Wildman–Crippen MR) is 69.8 cm³/mol. The minimum absolute atomic E-state index is 0.208. The first-order valence-electron chi connectivity index (χ1n) is 6.27. The molecule has 1 heterocycles. The molecule has 1 rings (SSSR count). The first kappa shape index (κ1) is 14.4. The molecule has 100 valence electrons. The van der Waals surface area contributed by atoms with Gasteiger partial charge in [-0.15, -0.1) is 0 Å². The maximum absolute atomic E-state index is 11.1. The number of nitrogens with one attached hydrogen (secondary N) is 1. The van der Waals surface area contributed by atoms with Crippen LogP contribution in [0.5, 0.6) is 0 Å². The molecule has 17 heavy (non-hydrogen) atoms. The average molecular weight is 242 g/mol. The number of rotatable bonds is 5. The van der Waals surface area contributed by atoms with E-state index in [-0.39, 0.29) is 17.5 Å². The zero-order valence-electron chi connectivity index (χ0n) is 11.5. The monoisotopic (exact) mass is 242 g/mol. The van der Waals surface area contributed by atoms with Crippen molar-refractivity contribution in [3.8, 4) is 0 Å². The van der Waals surface area contributed by atoms with Gasteiger partial charge in [-0.2, -0.15) is 0 Å². The highest BCUT2D eigenvalue weighted by molar-refractivity contribution is 5.79. The fourth-order valence-corrected chi connectivity index (χ4v) is 2.27. The maximum atomic E-state index is 11.1. The normalized spacial score (nSPS) is 23.5. The summed E-state index contributed by atoms with van der Waals surface area (Å²) >= 11 is 0. The Balaban J connectivity index is 2.40. The number of amides is 1. The highest BCUT2D eigenvalue weighted by Gasteiger charge is 2.31. The van der Waals surface area contributed by atoms with E-state index < -0.39 is 0 Å². The van der Waals surface area contributed by atoms with Crippen LogP contribution in [0.4, 0.5) is 0 Å². The van der Waals surface area contributed by atoms with Crippen molar-refractivity contribution in [2.45, 2.75) is 31.8 Å². The van der Waals surface area contributed by atoms with Crippen LogP contribution in [0, 0.1) is 0 Å². The number of likely N-dealkylation sites (N-methyl/N-ethyl adjacent to an activating group) is 2. The Morgan fingerprint density at radius 1 is 1.47 bits per heavy atom. The number of hydrogen-bond donors (Lipinski definition) is 2. The molecule has 1 amide bonds. The van der Waals surface area contributed by atoms with Crippen molar-refractivity contribution in [1.29, 1.82) is 0 Å². The quantitative estimate of drug-likeness (QED) is 0.681. The van der Waals surface area contributed by atoms with Crippen molar-refractivity contribution in [1.82, 2.24) is 15.1 Å². The lowest BCUT2D eigenvalue weighted by atomic mass is 9.99. The Kier molecular flexibility index (Phi) is 4.91. The summed E-state index contributed by atoms with van der Waals surface area (Å²) in [5.74, 6) is -0.263. The molecule has 1 unspecified atom stereocenters. The van der Waals surface area contributed by atoms with Crippen molar-refractivity contribution < 1.29 is 4.79 Å². The lowest BCUT2D eigenvalue weighted by Gasteiger charge is -2.45. The van der Waals surface area contributed by atoms with Crippen molar-refractivity contribution >= 4 is 5.91 Å². The van der Waals surface area contributed by atoms with E-state index in [9.17, 15) is 4.79 Å². The van der Waals surface area contributed by atoms with Gasteiger partial charge >= 0.3 is 0 Å². The van der Waals surface area contributed by atoms with Gasteiger partial charge in [-0.1, -0.05) is 0 Å². The van der Waals surface area contributed by atoms with Gasteiger partial charge in [0.1, 0.15) is 0 Å². The molecular weight excluding hydrogens is 216 g/mol. The van der Waals surface area contributed by atoms with Crippen LogP contribution in [0.25, 0.3) is 0 Å². The minimum atomic E-state index is -0.263. The Morgan fingerprint density at radius 2 is 2.12 bits per heavy atom. The average Bonchev–Trinajstić information content (AvgIpc) is 2.23. The van der Waals surface area contributed by atoms with Gasteiger partial charge in [0, 0.05) is 31.7 Å². The molecule has 0 aromatic heterocycles. The highest BCUT2D eigenvalue weighted by atomic mass is 16.1. The van der Waals surface area contributed by atoms with Crippen LogP contribution in [-0.4, -0.2) is 67.6 Å². The third-order valence-electron chi connectivity index (χ3n) is 3.82. The molecule has 1 atom stereocenters. The van der Waals surface area contributed by atoms with Crippen LogP contribution in [0.15, 0.2) is 0 Å². The number of carbonyl (C=O) groups is 1. The summed E-state index contributed by atoms with van der Waals surface area (Å²) < 4.78 is 0. The molecule has 0 aliphatic carbocycles. The van der Waals surface area contributed by atoms with Gasteiger partial charge in [0.05, 0.1) is 6.04 Å². The number of nitrogens with zero attached hydrogens (tertiary/aromatic N) is 2. The summed E-state index contributed by atoms with van der Waals surface area (Å²) in [5, 5.41) is 2.96. The molecule has 0 aromatic rings. The molecule has 0 saturated carbocycles. The second-order valence-electron chi connectivity index (χ2n) is 5.54. The van der Waals surface area contributed by atoms with E-state index in [0.29, 0.717) is 0 Å². The summed E-state index contributed by atoms with van der Waals surface area (Å²) in [4.78, 5) is 15.9. The molecule has 1 aliphatic heterocycles. The lowest BCUT2D eigenvalue weighted by Crippen LogP contribution is -2.58. The number of hydrogen-bond acceptors (Lipinski definition) is 4.